The minimum atomic E-state index is -0.699. The van der Waals surface area contributed by atoms with Gasteiger partial charge in [0.05, 0.1) is 6.61 Å². The zero-order chi connectivity index (χ0) is 12.4. The standard InChI is InChI=1S/C12H11N2O3/c13-11(16)10-7-8-3-1-2-4-9(8)12(17)14(10)5-6-15/h1-2,4,7,15H,5-6H2,(H2,13,16). The summed E-state index contributed by atoms with van der Waals surface area (Å²) >= 11 is 0. The molecule has 0 bridgehead atoms. The van der Waals surface area contributed by atoms with E-state index in [1.165, 1.54) is 10.6 Å². The van der Waals surface area contributed by atoms with E-state index in [9.17, 15) is 9.59 Å². The van der Waals surface area contributed by atoms with Gasteiger partial charge in [-0.2, -0.15) is 0 Å². The molecule has 0 aliphatic rings. The summed E-state index contributed by atoms with van der Waals surface area (Å²) in [5.74, 6) is -0.699. The Hall–Kier alpha value is -2.14. The number of aromatic nitrogens is 1. The van der Waals surface area contributed by atoms with Gasteiger partial charge in [-0.15, -0.1) is 0 Å². The van der Waals surface area contributed by atoms with E-state index in [2.05, 4.69) is 6.07 Å². The molecule has 1 aromatic carbocycles. The molecule has 1 amide bonds. The van der Waals surface area contributed by atoms with Gasteiger partial charge in [-0.3, -0.25) is 9.59 Å². The lowest BCUT2D eigenvalue weighted by molar-refractivity contribution is 0.0989. The van der Waals surface area contributed by atoms with E-state index in [4.69, 9.17) is 10.8 Å². The maximum absolute atomic E-state index is 12.1. The molecule has 17 heavy (non-hydrogen) atoms. The molecule has 3 N–H and O–H groups in total. The number of benzene rings is 1. The highest BCUT2D eigenvalue weighted by Crippen LogP contribution is 2.11. The molecule has 0 atom stereocenters. The first-order chi connectivity index (χ1) is 8.15. The first-order valence-corrected chi connectivity index (χ1v) is 5.10. The van der Waals surface area contributed by atoms with Crippen LogP contribution >= 0.6 is 0 Å². The van der Waals surface area contributed by atoms with E-state index in [1.54, 1.807) is 18.2 Å². The van der Waals surface area contributed by atoms with Crippen molar-refractivity contribution in [2.45, 2.75) is 6.54 Å². The molecule has 1 radical (unpaired) electrons. The van der Waals surface area contributed by atoms with Gasteiger partial charge in [-0.1, -0.05) is 12.1 Å². The zero-order valence-corrected chi connectivity index (χ0v) is 9.01. The van der Waals surface area contributed by atoms with Crippen molar-refractivity contribution in [3.05, 3.63) is 46.4 Å². The molecular formula is C12H11N2O3. The lowest BCUT2D eigenvalue weighted by atomic mass is 10.1. The second kappa shape index (κ2) is 4.39. The molecule has 0 spiro atoms. The Balaban J connectivity index is 2.84. The number of carbonyl (C=O) groups is 1. The maximum Gasteiger partial charge on any atom is 0.265 e. The second-order valence-corrected chi connectivity index (χ2v) is 3.57. The number of carbonyl (C=O) groups excluding carboxylic acids is 1. The Kier molecular flexibility index (Phi) is 2.93. The van der Waals surface area contributed by atoms with Crippen molar-refractivity contribution >= 4 is 16.7 Å². The highest BCUT2D eigenvalue weighted by molar-refractivity contribution is 5.95. The molecule has 2 rings (SSSR count). The molecule has 0 unspecified atom stereocenters. The predicted molar refractivity (Wildman–Crippen MR) is 62.6 cm³/mol. The summed E-state index contributed by atoms with van der Waals surface area (Å²) in [5, 5.41) is 9.89. The lowest BCUT2D eigenvalue weighted by Crippen LogP contribution is -2.30. The molecule has 1 heterocycles. The Labute approximate surface area is 97.1 Å². The Bertz CT molecular complexity index is 631. The molecule has 2 aromatic rings. The van der Waals surface area contributed by atoms with Gasteiger partial charge in [0.25, 0.3) is 11.5 Å². The van der Waals surface area contributed by atoms with Crippen molar-refractivity contribution in [2.75, 3.05) is 6.61 Å². The molecule has 0 fully saturated rings. The number of fused-ring (bicyclic) bond motifs is 1. The lowest BCUT2D eigenvalue weighted by Gasteiger charge is -2.10. The van der Waals surface area contributed by atoms with Crippen LogP contribution in [0, 0.1) is 6.07 Å². The van der Waals surface area contributed by atoms with Crippen molar-refractivity contribution in [1.29, 1.82) is 0 Å². The minimum Gasteiger partial charge on any atom is -0.395 e. The molecule has 5 nitrogen and oxygen atoms in total. The SMILES string of the molecule is NC(=O)c1cc2[c]cccc2c(=O)n1CCO. The van der Waals surface area contributed by atoms with Gasteiger partial charge >= 0.3 is 0 Å². The summed E-state index contributed by atoms with van der Waals surface area (Å²) in [6.07, 6.45) is 0. The molecule has 87 valence electrons. The van der Waals surface area contributed by atoms with Crippen LogP contribution in [0.3, 0.4) is 0 Å². The van der Waals surface area contributed by atoms with E-state index in [-0.39, 0.29) is 24.4 Å². The number of amides is 1. The van der Waals surface area contributed by atoms with Crippen LogP contribution < -0.4 is 11.3 Å². The molecule has 1 aromatic heterocycles. The van der Waals surface area contributed by atoms with Crippen molar-refractivity contribution < 1.29 is 9.90 Å². The number of nitrogens with zero attached hydrogens (tertiary/aromatic N) is 1. The quantitative estimate of drug-likeness (QED) is 0.773. The highest BCUT2D eigenvalue weighted by atomic mass is 16.3. The maximum atomic E-state index is 12.1. The zero-order valence-electron chi connectivity index (χ0n) is 9.01. The fourth-order valence-electron chi connectivity index (χ4n) is 1.75. The van der Waals surface area contributed by atoms with Gasteiger partial charge in [-0.25, -0.2) is 0 Å². The summed E-state index contributed by atoms with van der Waals surface area (Å²) in [6.45, 7) is -0.190. The van der Waals surface area contributed by atoms with Crippen LogP contribution in [0.5, 0.6) is 0 Å². The van der Waals surface area contributed by atoms with Crippen LogP contribution in [0.4, 0.5) is 0 Å². The van der Waals surface area contributed by atoms with Crippen molar-refractivity contribution in [3.8, 4) is 0 Å². The smallest absolute Gasteiger partial charge is 0.265 e. The number of aliphatic hydroxyl groups excluding tert-OH is 1. The molecule has 0 saturated heterocycles. The van der Waals surface area contributed by atoms with Gasteiger partial charge in [0.2, 0.25) is 0 Å². The van der Waals surface area contributed by atoms with E-state index in [1.807, 2.05) is 0 Å². The Morgan fingerprint density at radius 1 is 1.53 bits per heavy atom. The van der Waals surface area contributed by atoms with Gasteiger partial charge in [-0.05, 0) is 23.6 Å². The predicted octanol–water partition coefficient (Wildman–Crippen LogP) is -0.107. The summed E-state index contributed by atoms with van der Waals surface area (Å²) in [6, 6.07) is 9.37. The van der Waals surface area contributed by atoms with Crippen molar-refractivity contribution in [2.24, 2.45) is 5.73 Å². The number of pyridine rings is 1. The fraction of sp³-hybridized carbons (Fsp3) is 0.167. The molecule has 0 saturated carbocycles. The first kappa shape index (κ1) is 11.3. The molecular weight excluding hydrogens is 220 g/mol. The van der Waals surface area contributed by atoms with Crippen LogP contribution in [-0.2, 0) is 6.54 Å². The molecule has 0 aliphatic carbocycles. The van der Waals surface area contributed by atoms with Crippen LogP contribution in [-0.4, -0.2) is 22.2 Å². The third-order valence-electron chi connectivity index (χ3n) is 2.51. The Morgan fingerprint density at radius 2 is 2.29 bits per heavy atom. The minimum absolute atomic E-state index is 0.0436. The third-order valence-corrected chi connectivity index (χ3v) is 2.51. The average molecular weight is 231 g/mol. The van der Waals surface area contributed by atoms with Gasteiger partial charge in [0.1, 0.15) is 5.69 Å². The number of hydrogen-bond donors (Lipinski definition) is 2. The largest absolute Gasteiger partial charge is 0.395 e. The van der Waals surface area contributed by atoms with E-state index >= 15 is 0 Å². The number of aliphatic hydroxyl groups is 1. The first-order valence-electron chi connectivity index (χ1n) is 5.10. The summed E-state index contributed by atoms with van der Waals surface area (Å²) in [7, 11) is 0. The topological polar surface area (TPSA) is 85.3 Å². The average Bonchev–Trinajstić information content (AvgIpc) is 2.32. The van der Waals surface area contributed by atoms with Gasteiger partial charge in [0, 0.05) is 11.9 Å². The monoisotopic (exact) mass is 231 g/mol. The molecule has 0 aliphatic heterocycles. The van der Waals surface area contributed by atoms with Gasteiger partial charge < -0.3 is 15.4 Å². The highest BCUT2D eigenvalue weighted by Gasteiger charge is 2.12. The second-order valence-electron chi connectivity index (χ2n) is 3.57. The van der Waals surface area contributed by atoms with Crippen LogP contribution in [0.15, 0.2) is 29.1 Å². The van der Waals surface area contributed by atoms with Crippen molar-refractivity contribution in [1.82, 2.24) is 4.57 Å². The van der Waals surface area contributed by atoms with Crippen LogP contribution in [0.2, 0.25) is 0 Å². The molecule has 5 heteroatoms. The number of primary amides is 1. The third kappa shape index (κ3) is 1.92. The van der Waals surface area contributed by atoms with E-state index in [0.29, 0.717) is 10.8 Å². The number of hydrogen-bond acceptors (Lipinski definition) is 3. The summed E-state index contributed by atoms with van der Waals surface area (Å²) < 4.78 is 1.18. The number of rotatable bonds is 3. The van der Waals surface area contributed by atoms with E-state index in [0.717, 1.165) is 0 Å². The number of nitrogens with two attached hydrogens (primary N) is 1. The summed E-state index contributed by atoms with van der Waals surface area (Å²) in [4.78, 5) is 23.3. The fourth-order valence-corrected chi connectivity index (χ4v) is 1.75. The summed E-state index contributed by atoms with van der Waals surface area (Å²) in [5.41, 5.74) is 4.95. The Morgan fingerprint density at radius 3 is 2.94 bits per heavy atom. The normalized spacial score (nSPS) is 10.6. The van der Waals surface area contributed by atoms with Gasteiger partial charge in [0.15, 0.2) is 0 Å². The van der Waals surface area contributed by atoms with Crippen molar-refractivity contribution in [3.63, 3.8) is 0 Å². The van der Waals surface area contributed by atoms with Crippen LogP contribution in [0.1, 0.15) is 10.5 Å². The van der Waals surface area contributed by atoms with E-state index < -0.39 is 5.91 Å². The van der Waals surface area contributed by atoms with Crippen LogP contribution in [0.25, 0.3) is 10.8 Å².